The summed E-state index contributed by atoms with van der Waals surface area (Å²) in [5.74, 6) is 1.43. The molecule has 0 aliphatic carbocycles. The molecule has 2 aromatic rings. The summed E-state index contributed by atoms with van der Waals surface area (Å²) in [6.07, 6.45) is 0. The van der Waals surface area contributed by atoms with Crippen LogP contribution in [0.2, 0.25) is 0 Å². The molecule has 0 saturated heterocycles. The number of nitrogen functional groups attached to an aromatic ring is 1. The van der Waals surface area contributed by atoms with Crippen LogP contribution < -0.4 is 5.73 Å². The van der Waals surface area contributed by atoms with Crippen LogP contribution in [0.3, 0.4) is 0 Å². The molecule has 0 aliphatic rings. The monoisotopic (exact) mass is 200 g/mol. The fourth-order valence-electron chi connectivity index (χ4n) is 1.22. The molecule has 15 heavy (non-hydrogen) atoms. The first-order chi connectivity index (χ1) is 7.19. The van der Waals surface area contributed by atoms with Crippen molar-refractivity contribution in [2.45, 2.75) is 6.92 Å². The van der Waals surface area contributed by atoms with E-state index in [4.69, 9.17) is 15.4 Å². The molecular formula is C10H8N4O. The van der Waals surface area contributed by atoms with Gasteiger partial charge in [-0.05, 0) is 19.1 Å². The van der Waals surface area contributed by atoms with Gasteiger partial charge in [0, 0.05) is 6.07 Å². The van der Waals surface area contributed by atoms with Crippen LogP contribution in [0.15, 0.2) is 22.6 Å². The van der Waals surface area contributed by atoms with E-state index >= 15 is 0 Å². The van der Waals surface area contributed by atoms with Gasteiger partial charge in [-0.2, -0.15) is 5.26 Å². The normalized spacial score (nSPS) is 9.87. The second-order valence-electron chi connectivity index (χ2n) is 3.02. The zero-order valence-corrected chi connectivity index (χ0v) is 8.06. The van der Waals surface area contributed by atoms with Gasteiger partial charge in [0.2, 0.25) is 5.95 Å². The van der Waals surface area contributed by atoms with E-state index in [2.05, 4.69) is 9.97 Å². The highest BCUT2D eigenvalue weighted by Crippen LogP contribution is 2.20. The van der Waals surface area contributed by atoms with Gasteiger partial charge in [0.05, 0.1) is 0 Å². The van der Waals surface area contributed by atoms with Crippen molar-refractivity contribution in [3.8, 4) is 17.5 Å². The van der Waals surface area contributed by atoms with E-state index in [1.54, 1.807) is 6.07 Å². The highest BCUT2D eigenvalue weighted by molar-refractivity contribution is 5.55. The van der Waals surface area contributed by atoms with Crippen LogP contribution in [0.4, 0.5) is 5.95 Å². The first-order valence-corrected chi connectivity index (χ1v) is 4.30. The Bertz CT molecular complexity index is 539. The Morgan fingerprint density at radius 2 is 2.20 bits per heavy atom. The lowest BCUT2D eigenvalue weighted by Crippen LogP contribution is -1.98. The first kappa shape index (κ1) is 9.21. The third-order valence-corrected chi connectivity index (χ3v) is 1.85. The highest BCUT2D eigenvalue weighted by atomic mass is 16.3. The largest absolute Gasteiger partial charge is 0.460 e. The van der Waals surface area contributed by atoms with Crippen molar-refractivity contribution >= 4 is 5.95 Å². The second-order valence-corrected chi connectivity index (χ2v) is 3.02. The number of hydrogen-bond donors (Lipinski definition) is 1. The van der Waals surface area contributed by atoms with Gasteiger partial charge in [-0.3, -0.25) is 0 Å². The summed E-state index contributed by atoms with van der Waals surface area (Å²) in [6.45, 7) is 1.83. The maximum Gasteiger partial charge on any atom is 0.221 e. The van der Waals surface area contributed by atoms with Crippen molar-refractivity contribution in [1.82, 2.24) is 9.97 Å². The molecule has 0 radical (unpaired) electrons. The maximum absolute atomic E-state index is 8.71. The fraction of sp³-hybridized carbons (Fsp3) is 0.100. The van der Waals surface area contributed by atoms with Gasteiger partial charge in [0.25, 0.3) is 0 Å². The van der Waals surface area contributed by atoms with Crippen LogP contribution in [-0.4, -0.2) is 9.97 Å². The van der Waals surface area contributed by atoms with Crippen LogP contribution in [0.25, 0.3) is 11.5 Å². The molecular weight excluding hydrogens is 192 g/mol. The van der Waals surface area contributed by atoms with Crippen molar-refractivity contribution in [1.29, 1.82) is 5.26 Å². The molecule has 0 unspecified atom stereocenters. The molecule has 0 aliphatic heterocycles. The molecule has 2 aromatic heterocycles. The Kier molecular flexibility index (Phi) is 2.10. The number of nitriles is 1. The number of nitrogens with zero attached hydrogens (tertiary/aromatic N) is 3. The molecule has 2 N–H and O–H groups in total. The van der Waals surface area contributed by atoms with Crippen LogP contribution >= 0.6 is 0 Å². The second kappa shape index (κ2) is 3.42. The van der Waals surface area contributed by atoms with Crippen molar-refractivity contribution < 1.29 is 4.42 Å². The molecule has 74 valence electrons. The SMILES string of the molecule is Cc1ccc(-c2cc(C#N)nc(N)n2)o1. The van der Waals surface area contributed by atoms with Gasteiger partial charge >= 0.3 is 0 Å². The minimum atomic E-state index is 0.0677. The summed E-state index contributed by atoms with van der Waals surface area (Å²) >= 11 is 0. The summed E-state index contributed by atoms with van der Waals surface area (Å²) in [4.78, 5) is 7.74. The predicted molar refractivity (Wildman–Crippen MR) is 53.6 cm³/mol. The van der Waals surface area contributed by atoms with E-state index in [1.807, 2.05) is 19.1 Å². The zero-order chi connectivity index (χ0) is 10.8. The average molecular weight is 200 g/mol. The Morgan fingerprint density at radius 1 is 1.40 bits per heavy atom. The van der Waals surface area contributed by atoms with Gasteiger partial charge in [-0.1, -0.05) is 0 Å². The molecule has 0 bridgehead atoms. The van der Waals surface area contributed by atoms with Crippen molar-refractivity contribution in [3.05, 3.63) is 29.7 Å². The highest BCUT2D eigenvalue weighted by Gasteiger charge is 2.07. The van der Waals surface area contributed by atoms with Crippen molar-refractivity contribution in [3.63, 3.8) is 0 Å². The Morgan fingerprint density at radius 3 is 2.80 bits per heavy atom. The molecule has 0 saturated carbocycles. The number of aryl methyl sites for hydroxylation is 1. The number of anilines is 1. The summed E-state index contributed by atoms with van der Waals surface area (Å²) in [7, 11) is 0. The average Bonchev–Trinajstić information content (AvgIpc) is 2.64. The number of nitrogens with two attached hydrogens (primary N) is 1. The van der Waals surface area contributed by atoms with Crippen molar-refractivity contribution in [2.75, 3.05) is 5.73 Å². The van der Waals surface area contributed by atoms with Gasteiger partial charge in [-0.15, -0.1) is 0 Å². The van der Waals surface area contributed by atoms with E-state index in [0.717, 1.165) is 5.76 Å². The maximum atomic E-state index is 8.71. The molecule has 0 spiro atoms. The molecule has 5 heteroatoms. The van der Waals surface area contributed by atoms with Gasteiger partial charge in [-0.25, -0.2) is 9.97 Å². The quantitative estimate of drug-likeness (QED) is 0.753. The summed E-state index contributed by atoms with van der Waals surface area (Å²) in [6, 6.07) is 7.04. The molecule has 2 heterocycles. The number of furan rings is 1. The Labute approximate surface area is 86.2 Å². The summed E-state index contributed by atoms with van der Waals surface area (Å²) < 4.78 is 5.37. The lowest BCUT2D eigenvalue weighted by atomic mass is 10.3. The van der Waals surface area contributed by atoms with Gasteiger partial charge in [0.15, 0.2) is 5.76 Å². The minimum Gasteiger partial charge on any atom is -0.460 e. The van der Waals surface area contributed by atoms with E-state index in [1.165, 1.54) is 6.07 Å². The molecule has 0 atom stereocenters. The lowest BCUT2D eigenvalue weighted by Gasteiger charge is -1.98. The van der Waals surface area contributed by atoms with Crippen LogP contribution in [0.5, 0.6) is 0 Å². The first-order valence-electron chi connectivity index (χ1n) is 4.30. The third-order valence-electron chi connectivity index (χ3n) is 1.85. The summed E-state index contributed by atoms with van der Waals surface area (Å²) in [5.41, 5.74) is 6.21. The number of aromatic nitrogens is 2. The molecule has 5 nitrogen and oxygen atoms in total. The van der Waals surface area contributed by atoms with Gasteiger partial charge < -0.3 is 10.2 Å². The van der Waals surface area contributed by atoms with E-state index < -0.39 is 0 Å². The van der Waals surface area contributed by atoms with Crippen LogP contribution in [0.1, 0.15) is 11.5 Å². The fourth-order valence-corrected chi connectivity index (χ4v) is 1.22. The lowest BCUT2D eigenvalue weighted by molar-refractivity contribution is 0.546. The van der Waals surface area contributed by atoms with Crippen LogP contribution in [0, 0.1) is 18.3 Å². The van der Waals surface area contributed by atoms with E-state index in [0.29, 0.717) is 11.5 Å². The molecule has 0 fully saturated rings. The molecule has 2 rings (SSSR count). The van der Waals surface area contributed by atoms with E-state index in [9.17, 15) is 0 Å². The van der Waals surface area contributed by atoms with Crippen LogP contribution in [-0.2, 0) is 0 Å². The standard InChI is InChI=1S/C10H8N4O/c1-6-2-3-9(15-6)8-4-7(5-11)13-10(12)14-8/h2-4H,1H3,(H2,12,13,14). The smallest absolute Gasteiger partial charge is 0.221 e. The number of rotatable bonds is 1. The summed E-state index contributed by atoms with van der Waals surface area (Å²) in [5, 5.41) is 8.71. The minimum absolute atomic E-state index is 0.0677. The topological polar surface area (TPSA) is 88.7 Å². The van der Waals surface area contributed by atoms with E-state index in [-0.39, 0.29) is 11.6 Å². The third kappa shape index (κ3) is 1.79. The van der Waals surface area contributed by atoms with Crippen molar-refractivity contribution in [2.24, 2.45) is 0 Å². The number of hydrogen-bond acceptors (Lipinski definition) is 5. The zero-order valence-electron chi connectivity index (χ0n) is 8.06. The molecule has 0 amide bonds. The Hall–Kier alpha value is -2.35. The Balaban J connectivity index is 2.54. The predicted octanol–water partition coefficient (Wildman–Crippen LogP) is 1.50. The van der Waals surface area contributed by atoms with Gasteiger partial charge in [0.1, 0.15) is 23.2 Å². The molecule has 0 aromatic carbocycles.